The number of aromatic nitrogens is 3. The van der Waals surface area contributed by atoms with Gasteiger partial charge in [0, 0.05) is 22.7 Å². The summed E-state index contributed by atoms with van der Waals surface area (Å²) in [7, 11) is 0. The molecule has 0 aliphatic rings. The van der Waals surface area contributed by atoms with E-state index in [1.165, 1.54) is 11.8 Å². The fraction of sp³-hybridized carbons (Fsp3) is 0.227. The minimum Gasteiger partial charge on any atom is -0.441 e. The maximum Gasteiger partial charge on any atom is 0.263 e. The summed E-state index contributed by atoms with van der Waals surface area (Å²) in [4.78, 5) is 24.4. The minimum absolute atomic E-state index is 0.0129. The predicted octanol–water partition coefficient (Wildman–Crippen LogP) is 5.52. The van der Waals surface area contributed by atoms with Crippen LogP contribution in [0.1, 0.15) is 21.9 Å². The Kier molecular flexibility index (Phi) is 5.43. The molecule has 0 unspecified atom stereocenters. The van der Waals surface area contributed by atoms with Crippen molar-refractivity contribution in [1.82, 2.24) is 14.5 Å². The fourth-order valence-electron chi connectivity index (χ4n) is 3.11. The topological polar surface area (TPSA) is 60.9 Å². The Hall–Kier alpha value is -2.64. The molecular weight excluding hydrogens is 402 g/mol. The normalized spacial score (nSPS) is 11.3. The summed E-state index contributed by atoms with van der Waals surface area (Å²) in [6.07, 6.45) is 1.72. The third-order valence-electron chi connectivity index (χ3n) is 4.82. The second-order valence-electron chi connectivity index (χ2n) is 6.74. The molecule has 0 fully saturated rings. The molecule has 5 nitrogen and oxygen atoms in total. The number of hydrogen-bond acceptors (Lipinski definition) is 6. The first-order valence-corrected chi connectivity index (χ1v) is 11.1. The zero-order chi connectivity index (χ0) is 20.5. The lowest BCUT2D eigenvalue weighted by atomic mass is 10.2. The highest BCUT2D eigenvalue weighted by Crippen LogP contribution is 2.30. The van der Waals surface area contributed by atoms with Crippen LogP contribution in [0.15, 0.2) is 57.4 Å². The number of allylic oxidation sites excluding steroid dienone is 1. The molecular formula is C22H21N3O2S2. The zero-order valence-electron chi connectivity index (χ0n) is 16.6. The highest BCUT2D eigenvalue weighted by molar-refractivity contribution is 7.98. The monoisotopic (exact) mass is 423 g/mol. The average molecular weight is 424 g/mol. The highest BCUT2D eigenvalue weighted by Gasteiger charge is 2.18. The van der Waals surface area contributed by atoms with E-state index in [-0.39, 0.29) is 5.56 Å². The van der Waals surface area contributed by atoms with Crippen LogP contribution in [0.5, 0.6) is 0 Å². The molecule has 0 saturated heterocycles. The van der Waals surface area contributed by atoms with Gasteiger partial charge in [-0.3, -0.25) is 9.36 Å². The van der Waals surface area contributed by atoms with Gasteiger partial charge in [-0.15, -0.1) is 17.9 Å². The van der Waals surface area contributed by atoms with Crippen molar-refractivity contribution in [2.45, 2.75) is 38.2 Å². The fourth-order valence-corrected chi connectivity index (χ4v) is 5.19. The molecule has 4 aromatic rings. The van der Waals surface area contributed by atoms with Crippen LogP contribution in [0.25, 0.3) is 21.7 Å². The quantitative estimate of drug-likeness (QED) is 0.232. The van der Waals surface area contributed by atoms with Gasteiger partial charge in [-0.2, -0.15) is 0 Å². The maximum absolute atomic E-state index is 13.1. The van der Waals surface area contributed by atoms with Gasteiger partial charge in [0.15, 0.2) is 5.16 Å². The van der Waals surface area contributed by atoms with Crippen LogP contribution in [0.2, 0.25) is 0 Å². The Morgan fingerprint density at radius 3 is 2.69 bits per heavy atom. The van der Waals surface area contributed by atoms with Crippen molar-refractivity contribution in [2.24, 2.45) is 0 Å². The van der Waals surface area contributed by atoms with E-state index in [2.05, 4.69) is 11.6 Å². The minimum atomic E-state index is -0.0129. The van der Waals surface area contributed by atoms with Crippen molar-refractivity contribution in [1.29, 1.82) is 0 Å². The summed E-state index contributed by atoms with van der Waals surface area (Å²) < 4.78 is 7.54. The molecule has 0 atom stereocenters. The van der Waals surface area contributed by atoms with E-state index < -0.39 is 0 Å². The molecule has 0 saturated carbocycles. The van der Waals surface area contributed by atoms with Gasteiger partial charge in [-0.25, -0.2) is 9.97 Å². The third kappa shape index (κ3) is 3.68. The second kappa shape index (κ2) is 8.00. The van der Waals surface area contributed by atoms with Crippen molar-refractivity contribution < 1.29 is 4.42 Å². The van der Waals surface area contributed by atoms with E-state index in [1.807, 2.05) is 51.1 Å². The molecule has 1 aromatic carbocycles. The molecule has 0 aliphatic carbocycles. The van der Waals surface area contributed by atoms with E-state index in [1.54, 1.807) is 22.0 Å². The molecule has 0 bridgehead atoms. The van der Waals surface area contributed by atoms with Crippen molar-refractivity contribution in [3.63, 3.8) is 0 Å². The van der Waals surface area contributed by atoms with E-state index in [9.17, 15) is 4.79 Å². The van der Waals surface area contributed by atoms with Gasteiger partial charge in [0.2, 0.25) is 5.89 Å². The summed E-state index contributed by atoms with van der Waals surface area (Å²) in [5.41, 5.74) is 2.80. The number of aryl methyl sites for hydroxylation is 3. The number of thiophene rings is 1. The lowest BCUT2D eigenvalue weighted by Gasteiger charge is -2.09. The summed E-state index contributed by atoms with van der Waals surface area (Å²) in [6, 6.07) is 9.83. The molecule has 0 radical (unpaired) electrons. The van der Waals surface area contributed by atoms with E-state index in [4.69, 9.17) is 9.40 Å². The maximum atomic E-state index is 13.1. The number of nitrogens with zero attached hydrogens (tertiary/aromatic N) is 3. The van der Waals surface area contributed by atoms with Crippen LogP contribution in [0, 0.1) is 20.8 Å². The Labute approximate surface area is 177 Å². The molecule has 4 rings (SSSR count). The smallest absolute Gasteiger partial charge is 0.263 e. The lowest BCUT2D eigenvalue weighted by molar-refractivity contribution is 0.540. The molecule has 7 heteroatoms. The van der Waals surface area contributed by atoms with E-state index >= 15 is 0 Å². The molecule has 29 heavy (non-hydrogen) atoms. The molecule has 3 aromatic heterocycles. The van der Waals surface area contributed by atoms with Crippen molar-refractivity contribution in [3.8, 4) is 11.5 Å². The summed E-state index contributed by atoms with van der Waals surface area (Å²) in [5, 5.41) is 1.38. The highest BCUT2D eigenvalue weighted by atomic mass is 32.2. The van der Waals surface area contributed by atoms with Crippen molar-refractivity contribution >= 4 is 33.3 Å². The van der Waals surface area contributed by atoms with Crippen LogP contribution in [-0.2, 0) is 12.3 Å². The Balaban J connectivity index is 1.68. The zero-order valence-corrected chi connectivity index (χ0v) is 18.2. The Morgan fingerprint density at radius 2 is 1.97 bits per heavy atom. The van der Waals surface area contributed by atoms with Gasteiger partial charge in [-0.05, 0) is 38.5 Å². The number of benzene rings is 1. The molecule has 3 heterocycles. The molecule has 0 aliphatic heterocycles. The average Bonchev–Trinajstić information content (AvgIpc) is 3.23. The first kappa shape index (κ1) is 19.7. The van der Waals surface area contributed by atoms with Gasteiger partial charge < -0.3 is 4.42 Å². The van der Waals surface area contributed by atoms with Crippen molar-refractivity contribution in [2.75, 3.05) is 0 Å². The summed E-state index contributed by atoms with van der Waals surface area (Å²) in [6.45, 7) is 10.1. The van der Waals surface area contributed by atoms with Crippen LogP contribution in [0.4, 0.5) is 0 Å². The first-order valence-electron chi connectivity index (χ1n) is 9.25. The van der Waals surface area contributed by atoms with Gasteiger partial charge >= 0.3 is 0 Å². The lowest BCUT2D eigenvalue weighted by Crippen LogP contribution is -2.22. The number of oxazole rings is 1. The number of hydrogen-bond donors (Lipinski definition) is 0. The molecule has 0 spiro atoms. The van der Waals surface area contributed by atoms with Gasteiger partial charge in [0.25, 0.3) is 5.56 Å². The third-order valence-corrected chi connectivity index (χ3v) is 6.91. The van der Waals surface area contributed by atoms with Crippen LogP contribution >= 0.6 is 23.1 Å². The summed E-state index contributed by atoms with van der Waals surface area (Å²) in [5.74, 6) is 1.95. The van der Waals surface area contributed by atoms with Gasteiger partial charge in [0.05, 0.1) is 11.1 Å². The first-order chi connectivity index (χ1) is 14.0. The number of fused-ring (bicyclic) bond motifs is 1. The number of thioether (sulfide) groups is 1. The Morgan fingerprint density at radius 1 is 1.21 bits per heavy atom. The van der Waals surface area contributed by atoms with Gasteiger partial charge in [-0.1, -0.05) is 36.0 Å². The SMILES string of the molecule is C=CCn1c(SCc2nc(-c3ccccc3)oc2C)nc2sc(C)c(C)c2c1=O. The standard InChI is InChI=1S/C22H21N3O2S2/c1-5-11-25-21(26)18-13(2)15(4)29-20(18)24-22(25)28-12-17-14(3)27-19(23-17)16-9-7-6-8-10-16/h5-10H,1,11-12H2,2-4H3. The predicted molar refractivity (Wildman–Crippen MR) is 120 cm³/mol. The van der Waals surface area contributed by atoms with Crippen molar-refractivity contribution in [3.05, 3.63) is 75.2 Å². The Bertz CT molecular complexity index is 1250. The van der Waals surface area contributed by atoms with E-state index in [0.717, 1.165) is 32.3 Å². The van der Waals surface area contributed by atoms with E-state index in [0.29, 0.717) is 28.7 Å². The van der Waals surface area contributed by atoms with Crippen LogP contribution < -0.4 is 5.56 Å². The second-order valence-corrected chi connectivity index (χ2v) is 8.88. The molecule has 0 amide bonds. The summed E-state index contributed by atoms with van der Waals surface area (Å²) >= 11 is 3.06. The van der Waals surface area contributed by atoms with Crippen LogP contribution in [-0.4, -0.2) is 14.5 Å². The van der Waals surface area contributed by atoms with Gasteiger partial charge in [0.1, 0.15) is 10.6 Å². The van der Waals surface area contributed by atoms with Crippen LogP contribution in [0.3, 0.4) is 0 Å². The molecule has 0 N–H and O–H groups in total. The molecule has 148 valence electrons. The largest absolute Gasteiger partial charge is 0.441 e. The number of rotatable bonds is 6.